The van der Waals surface area contributed by atoms with Gasteiger partial charge in [0, 0.05) is 31.1 Å². The van der Waals surface area contributed by atoms with E-state index in [1.54, 1.807) is 6.20 Å². The lowest BCUT2D eigenvalue weighted by Crippen LogP contribution is -2.31. The van der Waals surface area contributed by atoms with E-state index in [1.807, 2.05) is 12.1 Å². The van der Waals surface area contributed by atoms with E-state index in [1.165, 1.54) is 5.56 Å². The van der Waals surface area contributed by atoms with Crippen LogP contribution in [0.4, 0.5) is 0 Å². The largest absolute Gasteiger partial charge is 0.481 e. The summed E-state index contributed by atoms with van der Waals surface area (Å²) in [6.07, 6.45) is 7.06. The molecule has 2 heterocycles. The van der Waals surface area contributed by atoms with Gasteiger partial charge in [0.15, 0.2) is 0 Å². The van der Waals surface area contributed by atoms with Crippen molar-refractivity contribution in [2.75, 3.05) is 6.54 Å². The first-order valence-corrected chi connectivity index (χ1v) is 9.23. The average Bonchev–Trinajstić information content (AvgIpc) is 3.01. The van der Waals surface area contributed by atoms with Crippen molar-refractivity contribution in [3.8, 4) is 0 Å². The number of para-hydroxylation sites is 1. The Bertz CT molecular complexity index is 838. The molecular weight excluding hydrogens is 332 g/mol. The number of carboxylic acid groups (broad SMARTS) is 1. The Hall–Kier alpha value is -2.63. The van der Waals surface area contributed by atoms with Crippen molar-refractivity contribution in [2.24, 2.45) is 0 Å². The first-order valence-electron chi connectivity index (χ1n) is 9.23. The van der Waals surface area contributed by atoms with Gasteiger partial charge in [-0.1, -0.05) is 31.0 Å². The second kappa shape index (κ2) is 8.17. The molecule has 26 heavy (non-hydrogen) atoms. The number of carboxylic acids is 1. The Kier molecular flexibility index (Phi) is 5.71. The van der Waals surface area contributed by atoms with Gasteiger partial charge in [0.25, 0.3) is 11.7 Å². The van der Waals surface area contributed by atoms with Crippen molar-refractivity contribution in [3.63, 3.8) is 0 Å². The summed E-state index contributed by atoms with van der Waals surface area (Å²) in [5.41, 5.74) is 2.78. The normalized spacial score (nSPS) is 12.9. The zero-order chi connectivity index (χ0) is 18.5. The summed E-state index contributed by atoms with van der Waals surface area (Å²) in [4.78, 5) is 35.2. The van der Waals surface area contributed by atoms with Crippen molar-refractivity contribution in [1.29, 1.82) is 0 Å². The van der Waals surface area contributed by atoms with Crippen LogP contribution in [0.15, 0.2) is 24.4 Å². The quantitative estimate of drug-likeness (QED) is 0.411. The Morgan fingerprint density at radius 2 is 1.92 bits per heavy atom. The number of ketones is 1. The van der Waals surface area contributed by atoms with E-state index in [4.69, 9.17) is 5.11 Å². The fourth-order valence-electron chi connectivity index (χ4n) is 3.60. The molecule has 0 bridgehead atoms. The number of carbonyl (C=O) groups excluding carboxylic acids is 2. The van der Waals surface area contributed by atoms with E-state index < -0.39 is 17.7 Å². The lowest BCUT2D eigenvalue weighted by Gasteiger charge is -2.14. The van der Waals surface area contributed by atoms with Crippen LogP contribution in [0.2, 0.25) is 0 Å². The molecule has 6 nitrogen and oxygen atoms in total. The number of carbonyl (C=O) groups is 3. The highest BCUT2D eigenvalue weighted by Gasteiger charge is 2.23. The Balaban J connectivity index is 1.55. The molecule has 1 amide bonds. The molecule has 1 aromatic heterocycles. The fraction of sp³-hybridized carbons (Fsp3) is 0.450. The number of rotatable bonds is 9. The maximum atomic E-state index is 12.6. The number of Topliss-reactive ketones (excluding diaryl/α,β-unsaturated/α-hetero) is 1. The van der Waals surface area contributed by atoms with Gasteiger partial charge >= 0.3 is 5.97 Å². The zero-order valence-electron chi connectivity index (χ0n) is 14.8. The van der Waals surface area contributed by atoms with Crippen LogP contribution in [-0.4, -0.2) is 33.9 Å². The van der Waals surface area contributed by atoms with E-state index >= 15 is 0 Å². The third kappa shape index (κ3) is 3.95. The average molecular weight is 356 g/mol. The van der Waals surface area contributed by atoms with Crippen LogP contribution in [0.3, 0.4) is 0 Å². The van der Waals surface area contributed by atoms with Crippen molar-refractivity contribution in [1.82, 2.24) is 9.88 Å². The molecule has 0 unspecified atom stereocenters. The van der Waals surface area contributed by atoms with Crippen LogP contribution in [0.25, 0.3) is 10.9 Å². The van der Waals surface area contributed by atoms with Gasteiger partial charge < -0.3 is 15.0 Å². The molecule has 1 aliphatic rings. The van der Waals surface area contributed by atoms with Crippen LogP contribution in [-0.2, 0) is 22.6 Å². The van der Waals surface area contributed by atoms with Crippen LogP contribution < -0.4 is 5.32 Å². The molecule has 0 fully saturated rings. The van der Waals surface area contributed by atoms with E-state index in [0.29, 0.717) is 18.5 Å². The highest BCUT2D eigenvalue weighted by molar-refractivity contribution is 6.45. The van der Waals surface area contributed by atoms with Gasteiger partial charge in [-0.2, -0.15) is 0 Å². The van der Waals surface area contributed by atoms with Gasteiger partial charge in [-0.15, -0.1) is 0 Å². The van der Waals surface area contributed by atoms with E-state index in [0.717, 1.165) is 49.6 Å². The smallest absolute Gasteiger partial charge is 0.303 e. The topological polar surface area (TPSA) is 88.4 Å². The van der Waals surface area contributed by atoms with Crippen LogP contribution in [0.1, 0.15) is 54.4 Å². The second-order valence-electron chi connectivity index (χ2n) is 6.80. The number of unbranched alkanes of at least 4 members (excludes halogenated alkanes) is 3. The lowest BCUT2D eigenvalue weighted by atomic mass is 10.0. The monoisotopic (exact) mass is 356 g/mol. The molecule has 0 atom stereocenters. The predicted octanol–water partition coefficient (Wildman–Crippen LogP) is 2.92. The second-order valence-corrected chi connectivity index (χ2v) is 6.80. The fourth-order valence-corrected chi connectivity index (χ4v) is 3.60. The molecule has 0 saturated heterocycles. The highest BCUT2D eigenvalue weighted by atomic mass is 16.4. The standard InChI is InChI=1S/C20H24N2O4/c23-17(24)10-3-1-2-4-11-21-20(26)19(25)16-13-22-12-6-8-14-7-5-9-15(16)18(14)22/h5,7,9,13H,1-4,6,8,10-12H2,(H,21,26)(H,23,24). The molecule has 138 valence electrons. The van der Waals surface area contributed by atoms with Gasteiger partial charge in [-0.3, -0.25) is 14.4 Å². The van der Waals surface area contributed by atoms with Crippen LogP contribution in [0, 0.1) is 0 Å². The maximum absolute atomic E-state index is 12.6. The van der Waals surface area contributed by atoms with Gasteiger partial charge in [-0.25, -0.2) is 0 Å². The van der Waals surface area contributed by atoms with Gasteiger partial charge in [0.05, 0.1) is 11.1 Å². The third-order valence-corrected chi connectivity index (χ3v) is 4.88. The van der Waals surface area contributed by atoms with E-state index in [-0.39, 0.29) is 6.42 Å². The SMILES string of the molecule is O=C(O)CCCCCCNC(=O)C(=O)c1cn2c3c(cccc13)CCC2. The van der Waals surface area contributed by atoms with E-state index in [9.17, 15) is 14.4 Å². The minimum atomic E-state index is -0.782. The number of aromatic nitrogens is 1. The van der Waals surface area contributed by atoms with Gasteiger partial charge in [-0.05, 0) is 31.2 Å². The highest BCUT2D eigenvalue weighted by Crippen LogP contribution is 2.29. The molecule has 1 aliphatic heterocycles. The number of aryl methyl sites for hydroxylation is 2. The van der Waals surface area contributed by atoms with Crippen molar-refractivity contribution >= 4 is 28.6 Å². The number of hydrogen-bond donors (Lipinski definition) is 2. The minimum absolute atomic E-state index is 0.177. The minimum Gasteiger partial charge on any atom is -0.481 e. The molecule has 3 rings (SSSR count). The van der Waals surface area contributed by atoms with Crippen LogP contribution in [0.5, 0.6) is 0 Å². The lowest BCUT2D eigenvalue weighted by molar-refractivity contribution is -0.137. The van der Waals surface area contributed by atoms with Gasteiger partial charge in [0.2, 0.25) is 0 Å². The number of aliphatic carboxylic acids is 1. The van der Waals surface area contributed by atoms with Crippen molar-refractivity contribution in [2.45, 2.75) is 51.5 Å². The van der Waals surface area contributed by atoms with Crippen molar-refractivity contribution < 1.29 is 19.5 Å². The molecule has 0 spiro atoms. The number of nitrogens with one attached hydrogen (secondary N) is 1. The summed E-state index contributed by atoms with van der Waals surface area (Å²) in [6.45, 7) is 1.31. The Morgan fingerprint density at radius 3 is 2.73 bits per heavy atom. The molecular formula is C20H24N2O4. The number of nitrogens with zero attached hydrogens (tertiary/aromatic N) is 1. The summed E-state index contributed by atoms with van der Waals surface area (Å²) < 4.78 is 2.08. The molecule has 0 saturated carbocycles. The van der Waals surface area contributed by atoms with Gasteiger partial charge in [0.1, 0.15) is 0 Å². The first kappa shape index (κ1) is 18.2. The molecule has 2 aromatic rings. The summed E-state index contributed by atoms with van der Waals surface area (Å²) in [7, 11) is 0. The molecule has 0 aliphatic carbocycles. The molecule has 0 radical (unpaired) electrons. The predicted molar refractivity (Wildman–Crippen MR) is 98.3 cm³/mol. The summed E-state index contributed by atoms with van der Waals surface area (Å²) >= 11 is 0. The number of benzene rings is 1. The first-order chi connectivity index (χ1) is 12.6. The molecule has 6 heteroatoms. The summed E-state index contributed by atoms with van der Waals surface area (Å²) in [5, 5.41) is 12.1. The number of amides is 1. The maximum Gasteiger partial charge on any atom is 0.303 e. The summed E-state index contributed by atoms with van der Waals surface area (Å²) in [6, 6.07) is 5.93. The zero-order valence-corrected chi connectivity index (χ0v) is 14.8. The third-order valence-electron chi connectivity index (χ3n) is 4.88. The molecule has 1 aromatic carbocycles. The summed E-state index contributed by atoms with van der Waals surface area (Å²) in [5.74, 6) is -1.84. The Labute approximate surface area is 152 Å². The molecule has 2 N–H and O–H groups in total. The Morgan fingerprint density at radius 1 is 1.12 bits per heavy atom. The van der Waals surface area contributed by atoms with Crippen LogP contribution >= 0.6 is 0 Å². The number of hydrogen-bond acceptors (Lipinski definition) is 3. The van der Waals surface area contributed by atoms with E-state index in [2.05, 4.69) is 16.0 Å². The van der Waals surface area contributed by atoms with Crippen molar-refractivity contribution in [3.05, 3.63) is 35.5 Å².